The number of aryl methyl sites for hydroxylation is 1. The lowest BCUT2D eigenvalue weighted by atomic mass is 10.1. The van der Waals surface area contributed by atoms with Crippen molar-refractivity contribution < 1.29 is 18.0 Å². The van der Waals surface area contributed by atoms with Crippen LogP contribution in [-0.4, -0.2) is 20.3 Å². The molecule has 0 aliphatic rings. The van der Waals surface area contributed by atoms with Gasteiger partial charge in [0.15, 0.2) is 5.65 Å². The van der Waals surface area contributed by atoms with Crippen LogP contribution in [0.25, 0.3) is 16.7 Å². The van der Waals surface area contributed by atoms with Crippen molar-refractivity contribution in [3.63, 3.8) is 0 Å². The first-order valence-electron chi connectivity index (χ1n) is 9.91. The fraction of sp³-hybridized carbons (Fsp3) is 0.174. The predicted octanol–water partition coefficient (Wildman–Crippen LogP) is 4.41. The summed E-state index contributed by atoms with van der Waals surface area (Å²) in [5.41, 5.74) is 0.121. The number of rotatable bonds is 5. The number of benzene rings is 2. The van der Waals surface area contributed by atoms with E-state index in [2.05, 4.69) is 10.3 Å². The van der Waals surface area contributed by atoms with Crippen LogP contribution < -0.4 is 10.9 Å². The molecule has 1 amide bonds. The van der Waals surface area contributed by atoms with E-state index in [0.717, 1.165) is 18.1 Å². The van der Waals surface area contributed by atoms with Crippen molar-refractivity contribution in [2.75, 3.05) is 5.32 Å². The molecule has 2 aromatic carbocycles. The Morgan fingerprint density at radius 1 is 1.06 bits per heavy atom. The summed E-state index contributed by atoms with van der Waals surface area (Å²) in [6, 6.07) is 15.2. The number of nitrogens with one attached hydrogen (secondary N) is 1. The summed E-state index contributed by atoms with van der Waals surface area (Å²) in [7, 11) is 0. The Labute approximate surface area is 180 Å². The van der Waals surface area contributed by atoms with E-state index in [1.165, 1.54) is 33.8 Å². The Morgan fingerprint density at radius 3 is 2.59 bits per heavy atom. The third kappa shape index (κ3) is 4.01. The molecule has 0 unspecified atom stereocenters. The van der Waals surface area contributed by atoms with E-state index in [1.807, 2.05) is 19.1 Å². The van der Waals surface area contributed by atoms with Crippen molar-refractivity contribution in [3.8, 4) is 5.69 Å². The molecule has 0 saturated heterocycles. The van der Waals surface area contributed by atoms with Crippen molar-refractivity contribution in [3.05, 3.63) is 88.3 Å². The van der Waals surface area contributed by atoms with Gasteiger partial charge in [-0.25, -0.2) is 9.67 Å². The number of anilines is 1. The summed E-state index contributed by atoms with van der Waals surface area (Å²) in [6.45, 7) is 1.57. The maximum absolute atomic E-state index is 13.3. The van der Waals surface area contributed by atoms with Crippen LogP contribution in [0.2, 0.25) is 0 Å². The quantitative estimate of drug-likeness (QED) is 0.500. The molecule has 0 radical (unpaired) electrons. The first-order valence-corrected chi connectivity index (χ1v) is 9.91. The zero-order valence-electron chi connectivity index (χ0n) is 17.1. The molecule has 0 atom stereocenters. The van der Waals surface area contributed by atoms with Gasteiger partial charge in [0.1, 0.15) is 6.54 Å². The molecule has 0 aliphatic carbocycles. The first kappa shape index (κ1) is 21.4. The van der Waals surface area contributed by atoms with Gasteiger partial charge in [0.2, 0.25) is 5.91 Å². The number of pyridine rings is 1. The van der Waals surface area contributed by atoms with Crippen LogP contribution >= 0.6 is 0 Å². The average Bonchev–Trinajstić information content (AvgIpc) is 3.05. The number of halogens is 3. The third-order valence-corrected chi connectivity index (χ3v) is 5.06. The van der Waals surface area contributed by atoms with Gasteiger partial charge in [-0.2, -0.15) is 13.2 Å². The summed E-state index contributed by atoms with van der Waals surface area (Å²) < 4.78 is 42.5. The van der Waals surface area contributed by atoms with E-state index in [-0.39, 0.29) is 16.9 Å². The lowest BCUT2D eigenvalue weighted by molar-refractivity contribution is -0.137. The fourth-order valence-corrected chi connectivity index (χ4v) is 3.56. The largest absolute Gasteiger partial charge is 0.418 e. The maximum Gasteiger partial charge on any atom is 0.418 e. The van der Waals surface area contributed by atoms with Gasteiger partial charge in [-0.3, -0.25) is 14.3 Å². The standard InChI is InChI=1S/C23H19F3N4O2/c1-2-15-7-5-8-16(13-15)30-22(32)17-9-6-12-27-21(17)29(30)14-20(31)28-19-11-4-3-10-18(19)23(24,25)26/h3-13H,2,14H2,1H3,(H,28,31). The number of amides is 1. The van der Waals surface area contributed by atoms with E-state index in [9.17, 15) is 22.8 Å². The van der Waals surface area contributed by atoms with E-state index >= 15 is 0 Å². The molecule has 0 saturated carbocycles. The Morgan fingerprint density at radius 2 is 1.84 bits per heavy atom. The Hall–Kier alpha value is -3.88. The zero-order chi connectivity index (χ0) is 22.9. The maximum atomic E-state index is 13.3. The molecule has 0 fully saturated rings. The molecule has 32 heavy (non-hydrogen) atoms. The predicted molar refractivity (Wildman–Crippen MR) is 115 cm³/mol. The number of nitrogens with zero attached hydrogens (tertiary/aromatic N) is 3. The van der Waals surface area contributed by atoms with Gasteiger partial charge in [-0.05, 0) is 48.4 Å². The molecule has 4 rings (SSSR count). The van der Waals surface area contributed by atoms with Crippen molar-refractivity contribution >= 4 is 22.6 Å². The number of carbonyl (C=O) groups is 1. The number of hydrogen-bond acceptors (Lipinski definition) is 3. The molecule has 4 aromatic rings. The first-order chi connectivity index (χ1) is 15.3. The van der Waals surface area contributed by atoms with Gasteiger partial charge in [-0.15, -0.1) is 0 Å². The van der Waals surface area contributed by atoms with E-state index in [4.69, 9.17) is 0 Å². The molecule has 6 nitrogen and oxygen atoms in total. The molecular formula is C23H19F3N4O2. The van der Waals surface area contributed by atoms with Crippen LogP contribution in [0, 0.1) is 0 Å². The topological polar surface area (TPSA) is 68.9 Å². The number of aromatic nitrogens is 3. The van der Waals surface area contributed by atoms with Crippen LogP contribution in [0.5, 0.6) is 0 Å². The molecule has 0 aliphatic heterocycles. The normalized spacial score (nSPS) is 11.6. The van der Waals surface area contributed by atoms with Crippen LogP contribution in [0.1, 0.15) is 18.1 Å². The van der Waals surface area contributed by atoms with Crippen LogP contribution in [0.3, 0.4) is 0 Å². The molecule has 0 bridgehead atoms. The number of para-hydroxylation sites is 1. The summed E-state index contributed by atoms with van der Waals surface area (Å²) in [5, 5.41) is 2.62. The Kier molecular flexibility index (Phi) is 5.56. The highest BCUT2D eigenvalue weighted by Gasteiger charge is 2.33. The second kappa shape index (κ2) is 8.33. The monoisotopic (exact) mass is 440 g/mol. The molecule has 1 N–H and O–H groups in total. The third-order valence-electron chi connectivity index (χ3n) is 5.06. The molecule has 164 valence electrons. The van der Waals surface area contributed by atoms with Crippen molar-refractivity contribution in [2.24, 2.45) is 0 Å². The molecule has 0 spiro atoms. The van der Waals surface area contributed by atoms with Gasteiger partial charge in [0.05, 0.1) is 22.3 Å². The molecule has 2 heterocycles. The lowest BCUT2D eigenvalue weighted by Gasteiger charge is -2.15. The summed E-state index contributed by atoms with van der Waals surface area (Å²) in [6.07, 6.45) is -2.38. The number of carbonyl (C=O) groups excluding carboxylic acids is 1. The number of fused-ring (bicyclic) bond motifs is 1. The van der Waals surface area contributed by atoms with Gasteiger partial charge in [0, 0.05) is 6.20 Å². The van der Waals surface area contributed by atoms with Crippen molar-refractivity contribution in [1.82, 2.24) is 14.3 Å². The highest BCUT2D eigenvalue weighted by Crippen LogP contribution is 2.34. The highest BCUT2D eigenvalue weighted by atomic mass is 19.4. The average molecular weight is 440 g/mol. The van der Waals surface area contributed by atoms with Crippen LogP contribution in [-0.2, 0) is 23.9 Å². The Balaban J connectivity index is 1.77. The van der Waals surface area contributed by atoms with Gasteiger partial charge in [0.25, 0.3) is 5.56 Å². The SMILES string of the molecule is CCc1cccc(-n2c(=O)c3cccnc3n2CC(=O)Nc2ccccc2C(F)(F)F)c1. The molecule has 9 heteroatoms. The minimum atomic E-state index is -4.62. The second-order valence-electron chi connectivity index (χ2n) is 7.16. The Bertz CT molecular complexity index is 1360. The van der Waals surface area contributed by atoms with Crippen molar-refractivity contribution in [2.45, 2.75) is 26.1 Å². The van der Waals surface area contributed by atoms with Crippen LogP contribution in [0.4, 0.5) is 18.9 Å². The van der Waals surface area contributed by atoms with Crippen LogP contribution in [0.15, 0.2) is 71.7 Å². The summed E-state index contributed by atoms with van der Waals surface area (Å²) in [5.74, 6) is -0.718. The fourth-order valence-electron chi connectivity index (χ4n) is 3.56. The minimum Gasteiger partial charge on any atom is -0.324 e. The van der Waals surface area contributed by atoms with Gasteiger partial charge >= 0.3 is 6.18 Å². The van der Waals surface area contributed by atoms with Gasteiger partial charge < -0.3 is 5.32 Å². The smallest absolute Gasteiger partial charge is 0.324 e. The number of alkyl halides is 3. The zero-order valence-corrected chi connectivity index (χ0v) is 17.1. The van der Waals surface area contributed by atoms with E-state index in [0.29, 0.717) is 11.1 Å². The summed E-state index contributed by atoms with van der Waals surface area (Å²) >= 11 is 0. The second-order valence-corrected chi connectivity index (χ2v) is 7.16. The molecule has 2 aromatic heterocycles. The van der Waals surface area contributed by atoms with Gasteiger partial charge in [-0.1, -0.05) is 31.2 Å². The van der Waals surface area contributed by atoms with Crippen molar-refractivity contribution in [1.29, 1.82) is 0 Å². The number of hydrogen-bond donors (Lipinski definition) is 1. The van der Waals surface area contributed by atoms with E-state index < -0.39 is 24.2 Å². The highest BCUT2D eigenvalue weighted by molar-refractivity contribution is 5.92. The molecular weight excluding hydrogens is 421 g/mol. The van der Waals surface area contributed by atoms with E-state index in [1.54, 1.807) is 24.3 Å². The minimum absolute atomic E-state index is 0.263. The lowest BCUT2D eigenvalue weighted by Crippen LogP contribution is -2.27. The summed E-state index contributed by atoms with van der Waals surface area (Å²) in [4.78, 5) is 30.1.